The van der Waals surface area contributed by atoms with Gasteiger partial charge in [-0.1, -0.05) is 0 Å². The van der Waals surface area contributed by atoms with Crippen molar-refractivity contribution >= 4 is 80.4 Å². The van der Waals surface area contributed by atoms with Crippen LogP contribution >= 0.6 is 11.3 Å². The molecule has 3 heterocycles. The van der Waals surface area contributed by atoms with Gasteiger partial charge in [-0.15, -0.1) is 0 Å². The molecule has 8 aromatic rings. The maximum absolute atomic E-state index is 5.26. The average Bonchev–Trinajstić information content (AvgIpc) is 3.50. The molecular weight excluding hydrogens is 572 g/mol. The summed E-state index contributed by atoms with van der Waals surface area (Å²) in [6.07, 6.45) is 0. The van der Waals surface area contributed by atoms with Crippen LogP contribution in [0.5, 0.6) is 0 Å². The number of para-hydroxylation sites is 1. The van der Waals surface area contributed by atoms with Gasteiger partial charge in [0.15, 0.2) is 0 Å². The Morgan fingerprint density at radius 1 is 0.556 bits per heavy atom. The van der Waals surface area contributed by atoms with Gasteiger partial charge in [-0.2, -0.15) is 0 Å². The zero-order valence-electron chi connectivity index (χ0n) is 19.1. The minimum absolute atomic E-state index is 0.394. The molecule has 168 valence electrons. The van der Waals surface area contributed by atoms with Gasteiger partial charge in [-0.3, -0.25) is 0 Å². The molecule has 0 saturated heterocycles. The van der Waals surface area contributed by atoms with Gasteiger partial charge in [-0.05, 0) is 0 Å². The number of aromatic nitrogens is 2. The van der Waals surface area contributed by atoms with Gasteiger partial charge >= 0.3 is 222 Å². The maximum atomic E-state index is 5.26. The summed E-state index contributed by atoms with van der Waals surface area (Å²) in [6.45, 7) is 0. The number of rotatable bonds is 2. The summed E-state index contributed by atoms with van der Waals surface area (Å²) in [7, 11) is 0. The Hall–Kier alpha value is -3.55. The van der Waals surface area contributed by atoms with Crippen molar-refractivity contribution in [1.29, 1.82) is 0 Å². The molecule has 8 rings (SSSR count). The van der Waals surface area contributed by atoms with Crippen molar-refractivity contribution in [2.45, 2.75) is 0 Å². The Morgan fingerprint density at radius 2 is 1.31 bits per heavy atom. The third kappa shape index (κ3) is 3.09. The van der Waals surface area contributed by atoms with Crippen molar-refractivity contribution in [2.75, 3.05) is 0 Å². The summed E-state index contributed by atoms with van der Waals surface area (Å²) in [5, 5.41) is 6.44. The van der Waals surface area contributed by atoms with E-state index in [4.69, 9.17) is 9.97 Å². The van der Waals surface area contributed by atoms with Gasteiger partial charge < -0.3 is 0 Å². The molecule has 0 fully saturated rings. The summed E-state index contributed by atoms with van der Waals surface area (Å²) in [4.78, 5) is 10.3. The molecule has 0 aliphatic carbocycles. The molecule has 0 aliphatic rings. The van der Waals surface area contributed by atoms with Crippen LogP contribution in [0, 0.1) is 0 Å². The summed E-state index contributed by atoms with van der Waals surface area (Å²) in [5.41, 5.74) is 4.26. The third-order valence-electron chi connectivity index (χ3n) is 6.90. The quantitative estimate of drug-likeness (QED) is 0.188. The Labute approximate surface area is 221 Å². The van der Waals surface area contributed by atoms with Crippen LogP contribution in [0.3, 0.4) is 0 Å². The Kier molecular flexibility index (Phi) is 4.57. The molecule has 0 bridgehead atoms. The normalized spacial score (nSPS) is 11.9. The summed E-state index contributed by atoms with van der Waals surface area (Å²) in [6, 6.07) is 39.3. The molecule has 0 atom stereocenters. The summed E-state index contributed by atoms with van der Waals surface area (Å²) in [5.74, 6) is 0.798. The first-order chi connectivity index (χ1) is 17.8. The standard InChI is InChI=1S/C32H18N2STe/c1-4-12-25-22(9-1)31(24-11-7-14-27-30(24)23-10-2-5-13-26(23)35-27)34-32(33-25)19-16-17-21-20-8-3-6-15-28(20)36-29(21)18-19/h1-18H. The summed E-state index contributed by atoms with van der Waals surface area (Å²) >= 11 is 1.45. The first-order valence-corrected chi connectivity index (χ1v) is 15.1. The second kappa shape index (κ2) is 7.98. The van der Waals surface area contributed by atoms with E-state index < -0.39 is 20.4 Å². The van der Waals surface area contributed by atoms with E-state index in [0.717, 1.165) is 28.0 Å². The number of fused-ring (bicyclic) bond motifs is 7. The number of hydrogen-bond donors (Lipinski definition) is 0. The van der Waals surface area contributed by atoms with Crippen molar-refractivity contribution in [1.82, 2.24) is 9.97 Å². The van der Waals surface area contributed by atoms with E-state index in [-0.39, 0.29) is 0 Å². The number of benzene rings is 5. The van der Waals surface area contributed by atoms with Crippen LogP contribution in [0.4, 0.5) is 0 Å². The van der Waals surface area contributed by atoms with Crippen LogP contribution in [-0.2, 0) is 0 Å². The van der Waals surface area contributed by atoms with Crippen LogP contribution in [-0.4, -0.2) is 30.4 Å². The third-order valence-corrected chi connectivity index (χ3v) is 11.3. The molecule has 0 amide bonds. The van der Waals surface area contributed by atoms with Crippen molar-refractivity contribution in [3.8, 4) is 22.6 Å². The fourth-order valence-corrected chi connectivity index (χ4v) is 9.65. The van der Waals surface area contributed by atoms with Gasteiger partial charge in [-0.25, -0.2) is 0 Å². The van der Waals surface area contributed by atoms with E-state index in [1.54, 1.807) is 0 Å². The molecule has 0 spiro atoms. The molecule has 0 unspecified atom stereocenters. The Morgan fingerprint density at radius 3 is 2.25 bits per heavy atom. The second-order valence-electron chi connectivity index (χ2n) is 9.00. The van der Waals surface area contributed by atoms with Crippen LogP contribution in [0.15, 0.2) is 109 Å². The average molecular weight is 590 g/mol. The van der Waals surface area contributed by atoms with Gasteiger partial charge in [0, 0.05) is 0 Å². The number of thiophene rings is 1. The molecule has 2 nitrogen and oxygen atoms in total. The minimum atomic E-state index is -0.394. The zero-order chi connectivity index (χ0) is 23.6. The fraction of sp³-hybridized carbons (Fsp3) is 0. The monoisotopic (exact) mass is 592 g/mol. The molecular formula is C32H18N2STe. The van der Waals surface area contributed by atoms with E-state index >= 15 is 0 Å². The van der Waals surface area contributed by atoms with E-state index in [1.807, 2.05) is 11.3 Å². The number of nitrogens with zero attached hydrogens (tertiary/aromatic N) is 2. The Balaban J connectivity index is 1.42. The molecule has 0 saturated carbocycles. The zero-order valence-corrected chi connectivity index (χ0v) is 22.3. The fourth-order valence-electron chi connectivity index (χ4n) is 5.25. The van der Waals surface area contributed by atoms with E-state index in [9.17, 15) is 0 Å². The van der Waals surface area contributed by atoms with Crippen molar-refractivity contribution in [3.05, 3.63) is 109 Å². The Bertz CT molecular complexity index is 2120. The van der Waals surface area contributed by atoms with Crippen LogP contribution in [0.1, 0.15) is 0 Å². The van der Waals surface area contributed by atoms with Gasteiger partial charge in [0.05, 0.1) is 0 Å². The molecule has 5 aromatic carbocycles. The van der Waals surface area contributed by atoms with E-state index in [1.165, 1.54) is 43.3 Å². The topological polar surface area (TPSA) is 25.8 Å². The predicted molar refractivity (Wildman–Crippen MR) is 155 cm³/mol. The molecule has 36 heavy (non-hydrogen) atoms. The van der Waals surface area contributed by atoms with E-state index in [0.29, 0.717) is 0 Å². The number of hydrogen-bond acceptors (Lipinski definition) is 3. The van der Waals surface area contributed by atoms with Gasteiger partial charge in [0.1, 0.15) is 0 Å². The first-order valence-electron chi connectivity index (χ1n) is 11.9. The first kappa shape index (κ1) is 20.6. The molecule has 3 aromatic heterocycles. The van der Waals surface area contributed by atoms with Crippen molar-refractivity contribution in [2.24, 2.45) is 0 Å². The predicted octanol–water partition coefficient (Wildman–Crippen LogP) is 8.70. The SMILES string of the molecule is c1ccc2c(-c3cccc4sc5ccccc5c34)nc(-c3ccc4c(c3)[te]c3ccccc34)nc2c1. The van der Waals surface area contributed by atoms with Crippen LogP contribution < -0.4 is 0 Å². The summed E-state index contributed by atoms with van der Waals surface area (Å²) < 4.78 is 5.59. The van der Waals surface area contributed by atoms with Crippen LogP contribution in [0.25, 0.3) is 71.3 Å². The van der Waals surface area contributed by atoms with Gasteiger partial charge in [0.25, 0.3) is 0 Å². The van der Waals surface area contributed by atoms with Crippen LogP contribution in [0.2, 0.25) is 0 Å². The van der Waals surface area contributed by atoms with E-state index in [2.05, 4.69) is 109 Å². The molecule has 0 radical (unpaired) electrons. The van der Waals surface area contributed by atoms with Crippen molar-refractivity contribution < 1.29 is 0 Å². The van der Waals surface area contributed by atoms with Crippen molar-refractivity contribution in [3.63, 3.8) is 0 Å². The van der Waals surface area contributed by atoms with Gasteiger partial charge in [0.2, 0.25) is 0 Å². The second-order valence-corrected chi connectivity index (χ2v) is 13.2. The molecule has 0 aliphatic heterocycles. The molecule has 4 heteroatoms. The molecule has 0 N–H and O–H groups in total.